The van der Waals surface area contributed by atoms with Gasteiger partial charge >= 0.3 is 0 Å². The summed E-state index contributed by atoms with van der Waals surface area (Å²) in [6.07, 6.45) is 2.45. The van der Waals surface area contributed by atoms with Crippen molar-refractivity contribution >= 4 is 5.96 Å². The Balaban J connectivity index is 2.02. The maximum absolute atomic E-state index is 6.02. The lowest BCUT2D eigenvalue weighted by Crippen LogP contribution is -2.37. The van der Waals surface area contributed by atoms with E-state index < -0.39 is 0 Å². The van der Waals surface area contributed by atoms with E-state index in [4.69, 9.17) is 9.47 Å². The minimum absolute atomic E-state index is 0.228. The number of guanidine groups is 1. The summed E-state index contributed by atoms with van der Waals surface area (Å²) >= 11 is 0. The van der Waals surface area contributed by atoms with Gasteiger partial charge in [0.05, 0.1) is 12.6 Å². The summed E-state index contributed by atoms with van der Waals surface area (Å²) in [6.45, 7) is 9.97. The number of nitrogens with zero attached hydrogens (tertiary/aromatic N) is 1. The molecule has 0 saturated carbocycles. The first-order valence-corrected chi connectivity index (χ1v) is 8.59. The number of ether oxygens (including phenoxy) is 2. The van der Waals surface area contributed by atoms with Crippen LogP contribution in [-0.2, 0) is 11.3 Å². The van der Waals surface area contributed by atoms with E-state index in [9.17, 15) is 0 Å². The molecule has 0 aliphatic carbocycles. The lowest BCUT2D eigenvalue weighted by Gasteiger charge is -2.15. The summed E-state index contributed by atoms with van der Waals surface area (Å²) in [4.78, 5) is 4.63. The van der Waals surface area contributed by atoms with Gasteiger partial charge in [-0.25, -0.2) is 4.99 Å². The highest BCUT2D eigenvalue weighted by molar-refractivity contribution is 5.79. The van der Waals surface area contributed by atoms with E-state index in [1.807, 2.05) is 0 Å². The second kappa shape index (κ2) is 9.40. The minimum Gasteiger partial charge on any atom is -0.491 e. The van der Waals surface area contributed by atoms with Crippen molar-refractivity contribution in [2.75, 3.05) is 26.3 Å². The Labute approximate surface area is 139 Å². The number of benzene rings is 1. The van der Waals surface area contributed by atoms with Crippen molar-refractivity contribution in [1.82, 2.24) is 10.6 Å². The number of rotatable bonds is 7. The van der Waals surface area contributed by atoms with Gasteiger partial charge in [-0.1, -0.05) is 12.1 Å². The van der Waals surface area contributed by atoms with Crippen LogP contribution in [0.5, 0.6) is 5.75 Å². The zero-order chi connectivity index (χ0) is 16.5. The Morgan fingerprint density at radius 1 is 1.30 bits per heavy atom. The van der Waals surface area contributed by atoms with E-state index >= 15 is 0 Å². The van der Waals surface area contributed by atoms with Crippen molar-refractivity contribution in [3.05, 3.63) is 29.3 Å². The zero-order valence-electron chi connectivity index (χ0n) is 14.5. The van der Waals surface area contributed by atoms with Crippen molar-refractivity contribution in [3.8, 4) is 5.75 Å². The third kappa shape index (κ3) is 5.75. The molecule has 0 radical (unpaired) electrons. The minimum atomic E-state index is 0.228. The third-order valence-corrected chi connectivity index (χ3v) is 3.77. The van der Waals surface area contributed by atoms with Gasteiger partial charge in [0.2, 0.25) is 0 Å². The first kappa shape index (κ1) is 17.6. The van der Waals surface area contributed by atoms with E-state index in [-0.39, 0.29) is 6.10 Å². The second-order valence-corrected chi connectivity index (χ2v) is 5.78. The van der Waals surface area contributed by atoms with Gasteiger partial charge in [0.1, 0.15) is 12.4 Å². The Morgan fingerprint density at radius 2 is 2.09 bits per heavy atom. The Morgan fingerprint density at radius 3 is 2.74 bits per heavy atom. The standard InChI is InChI=1S/C18H29N3O2/c1-4-19-18(20-5-2)21-12-15-9-8-14(3)11-17(15)23-13-16-7-6-10-22-16/h8-9,11,16H,4-7,10,12-13H2,1-3H3,(H2,19,20,21). The van der Waals surface area contributed by atoms with Crippen LogP contribution in [0.15, 0.2) is 23.2 Å². The Bertz CT molecular complexity index is 503. The molecule has 1 heterocycles. The van der Waals surface area contributed by atoms with Crippen LogP contribution < -0.4 is 15.4 Å². The van der Waals surface area contributed by atoms with Gasteiger partial charge in [-0.3, -0.25) is 0 Å². The first-order valence-electron chi connectivity index (χ1n) is 8.59. The molecule has 1 aromatic carbocycles. The van der Waals surface area contributed by atoms with Gasteiger partial charge in [0, 0.05) is 25.3 Å². The molecule has 0 bridgehead atoms. The predicted octanol–water partition coefficient (Wildman–Crippen LogP) is 2.63. The van der Waals surface area contributed by atoms with E-state index in [0.29, 0.717) is 13.2 Å². The summed E-state index contributed by atoms with van der Waals surface area (Å²) < 4.78 is 11.7. The molecule has 1 atom stereocenters. The average Bonchev–Trinajstić information content (AvgIpc) is 3.05. The molecular weight excluding hydrogens is 290 g/mol. The lowest BCUT2D eigenvalue weighted by atomic mass is 10.1. The molecule has 0 aromatic heterocycles. The quantitative estimate of drug-likeness (QED) is 0.599. The van der Waals surface area contributed by atoms with Gasteiger partial charge < -0.3 is 20.1 Å². The van der Waals surface area contributed by atoms with Gasteiger partial charge in [-0.15, -0.1) is 0 Å². The third-order valence-electron chi connectivity index (χ3n) is 3.77. The maximum Gasteiger partial charge on any atom is 0.191 e. The fourth-order valence-electron chi connectivity index (χ4n) is 2.56. The molecule has 1 aliphatic rings. The summed E-state index contributed by atoms with van der Waals surface area (Å²) in [5.41, 5.74) is 2.29. The fourth-order valence-corrected chi connectivity index (χ4v) is 2.56. The molecule has 1 aromatic rings. The highest BCUT2D eigenvalue weighted by atomic mass is 16.5. The maximum atomic E-state index is 6.02. The van der Waals surface area contributed by atoms with E-state index in [1.165, 1.54) is 5.56 Å². The molecule has 1 unspecified atom stereocenters. The molecule has 0 amide bonds. The van der Waals surface area contributed by atoms with Crippen LogP contribution in [-0.4, -0.2) is 38.4 Å². The van der Waals surface area contributed by atoms with Crippen LogP contribution in [0.1, 0.15) is 37.8 Å². The Hall–Kier alpha value is -1.75. The highest BCUT2D eigenvalue weighted by Gasteiger charge is 2.16. The molecular formula is C18H29N3O2. The van der Waals surface area contributed by atoms with Crippen LogP contribution in [0.3, 0.4) is 0 Å². The van der Waals surface area contributed by atoms with E-state index in [0.717, 1.165) is 49.8 Å². The summed E-state index contributed by atoms with van der Waals surface area (Å²) in [5.74, 6) is 1.75. The normalized spacial score (nSPS) is 16.9. The summed E-state index contributed by atoms with van der Waals surface area (Å²) in [6, 6.07) is 6.28. The van der Waals surface area contributed by atoms with Crippen molar-refractivity contribution in [2.24, 2.45) is 4.99 Å². The highest BCUT2D eigenvalue weighted by Crippen LogP contribution is 2.23. The SMILES string of the molecule is CCNC(=NCc1ccc(C)cc1OCC1CCCO1)NCC. The van der Waals surface area contributed by atoms with Crippen molar-refractivity contribution in [1.29, 1.82) is 0 Å². The fraction of sp³-hybridized carbons (Fsp3) is 0.611. The molecule has 1 aliphatic heterocycles. The lowest BCUT2D eigenvalue weighted by molar-refractivity contribution is 0.0676. The number of aryl methyl sites for hydroxylation is 1. The molecule has 23 heavy (non-hydrogen) atoms. The zero-order valence-corrected chi connectivity index (χ0v) is 14.5. The molecule has 1 fully saturated rings. The topological polar surface area (TPSA) is 54.9 Å². The van der Waals surface area contributed by atoms with Crippen LogP contribution in [0, 0.1) is 6.92 Å². The van der Waals surface area contributed by atoms with E-state index in [1.54, 1.807) is 0 Å². The van der Waals surface area contributed by atoms with Gasteiger partial charge in [0.15, 0.2) is 5.96 Å². The number of hydrogen-bond acceptors (Lipinski definition) is 3. The smallest absolute Gasteiger partial charge is 0.191 e. The van der Waals surface area contributed by atoms with Crippen molar-refractivity contribution in [2.45, 2.75) is 46.3 Å². The summed E-state index contributed by atoms with van der Waals surface area (Å²) in [5, 5.41) is 6.48. The number of aliphatic imine (C=N–C) groups is 1. The van der Waals surface area contributed by atoms with Crippen molar-refractivity contribution in [3.63, 3.8) is 0 Å². The average molecular weight is 319 g/mol. The molecule has 2 N–H and O–H groups in total. The molecule has 2 rings (SSSR count). The molecule has 5 heteroatoms. The molecule has 128 valence electrons. The number of nitrogens with one attached hydrogen (secondary N) is 2. The van der Waals surface area contributed by atoms with Gasteiger partial charge in [0.25, 0.3) is 0 Å². The van der Waals surface area contributed by atoms with Gasteiger partial charge in [-0.05, 0) is 45.2 Å². The van der Waals surface area contributed by atoms with Crippen LogP contribution in [0.4, 0.5) is 0 Å². The molecule has 1 saturated heterocycles. The van der Waals surface area contributed by atoms with E-state index in [2.05, 4.69) is 54.6 Å². The molecule has 0 spiro atoms. The summed E-state index contributed by atoms with van der Waals surface area (Å²) in [7, 11) is 0. The second-order valence-electron chi connectivity index (χ2n) is 5.78. The number of hydrogen-bond donors (Lipinski definition) is 2. The van der Waals surface area contributed by atoms with Crippen LogP contribution in [0.2, 0.25) is 0 Å². The van der Waals surface area contributed by atoms with Crippen molar-refractivity contribution < 1.29 is 9.47 Å². The van der Waals surface area contributed by atoms with Gasteiger partial charge in [-0.2, -0.15) is 0 Å². The van der Waals surface area contributed by atoms with Crippen LogP contribution in [0.25, 0.3) is 0 Å². The molecule has 5 nitrogen and oxygen atoms in total. The predicted molar refractivity (Wildman–Crippen MR) is 94.1 cm³/mol. The monoisotopic (exact) mass is 319 g/mol. The largest absolute Gasteiger partial charge is 0.491 e. The van der Waals surface area contributed by atoms with Crippen LogP contribution >= 0.6 is 0 Å². The first-order chi connectivity index (χ1) is 11.2. The Kier molecular flexibility index (Phi) is 7.20.